The molecule has 0 amide bonds. The average molecular weight is 308 g/mol. The number of nitro benzene ring substituents is 1. The first kappa shape index (κ1) is 14.0. The zero-order valence-electron chi connectivity index (χ0n) is 10.8. The smallest absolute Gasteiger partial charge is 0.277 e. The molecule has 2 aromatic heterocycles. The predicted octanol–water partition coefficient (Wildman–Crippen LogP) is 3.55. The van der Waals surface area contributed by atoms with Gasteiger partial charge < -0.3 is 0 Å². The molecule has 0 unspecified atom stereocenters. The van der Waals surface area contributed by atoms with Gasteiger partial charge in [0, 0.05) is 23.7 Å². The molecule has 0 radical (unpaired) electrons. The predicted molar refractivity (Wildman–Crippen MR) is 71.0 cm³/mol. The summed E-state index contributed by atoms with van der Waals surface area (Å²) in [5.41, 5.74) is -0.451. The van der Waals surface area contributed by atoms with Crippen LogP contribution in [-0.2, 0) is 6.18 Å². The van der Waals surface area contributed by atoms with Crippen molar-refractivity contribution in [3.63, 3.8) is 0 Å². The van der Waals surface area contributed by atoms with Crippen molar-refractivity contribution in [2.75, 3.05) is 0 Å². The minimum Gasteiger partial charge on any atom is -0.277 e. The lowest BCUT2D eigenvalue weighted by Gasteiger charge is -2.07. The first-order valence-corrected chi connectivity index (χ1v) is 6.02. The van der Waals surface area contributed by atoms with E-state index < -0.39 is 16.7 Å². The van der Waals surface area contributed by atoms with E-state index in [0.717, 1.165) is 18.3 Å². The lowest BCUT2D eigenvalue weighted by atomic mass is 10.1. The number of aromatic amines is 1. The number of aromatic nitrogens is 3. The Balaban J connectivity index is 2.18. The molecular formula is C13H7F3N4O2. The lowest BCUT2D eigenvalue weighted by Crippen LogP contribution is -2.05. The molecule has 22 heavy (non-hydrogen) atoms. The molecular weight excluding hydrogens is 301 g/mol. The van der Waals surface area contributed by atoms with Gasteiger partial charge >= 0.3 is 6.18 Å². The fourth-order valence-electron chi connectivity index (χ4n) is 2.05. The maximum atomic E-state index is 12.7. The Morgan fingerprint density at radius 1 is 1.18 bits per heavy atom. The fourth-order valence-corrected chi connectivity index (χ4v) is 2.05. The van der Waals surface area contributed by atoms with Crippen LogP contribution >= 0.6 is 0 Å². The summed E-state index contributed by atoms with van der Waals surface area (Å²) in [6, 6.07) is 5.67. The molecule has 0 atom stereocenters. The molecule has 0 aliphatic rings. The minimum absolute atomic E-state index is 0.0124. The van der Waals surface area contributed by atoms with Gasteiger partial charge in [0.2, 0.25) is 0 Å². The number of hydrogen-bond donors (Lipinski definition) is 1. The van der Waals surface area contributed by atoms with Crippen molar-refractivity contribution in [3.8, 4) is 11.4 Å². The number of fused-ring (bicyclic) bond motifs is 1. The third-order valence-corrected chi connectivity index (χ3v) is 3.09. The molecule has 0 fully saturated rings. The molecule has 9 heteroatoms. The summed E-state index contributed by atoms with van der Waals surface area (Å²) in [6.45, 7) is 0. The van der Waals surface area contributed by atoms with Crippen molar-refractivity contribution in [2.24, 2.45) is 0 Å². The largest absolute Gasteiger partial charge is 0.416 e. The van der Waals surface area contributed by atoms with Crippen LogP contribution in [0.25, 0.3) is 22.3 Å². The minimum atomic E-state index is -4.50. The summed E-state index contributed by atoms with van der Waals surface area (Å²) in [5, 5.41) is 17.7. The second-order valence-electron chi connectivity index (χ2n) is 4.49. The van der Waals surface area contributed by atoms with E-state index in [1.807, 2.05) is 0 Å². The summed E-state index contributed by atoms with van der Waals surface area (Å²) >= 11 is 0. The van der Waals surface area contributed by atoms with E-state index in [-0.39, 0.29) is 17.1 Å². The Morgan fingerprint density at radius 2 is 1.95 bits per heavy atom. The number of alkyl halides is 3. The van der Waals surface area contributed by atoms with Crippen LogP contribution in [0.15, 0.2) is 36.5 Å². The highest BCUT2D eigenvalue weighted by atomic mass is 19.4. The maximum absolute atomic E-state index is 12.7. The Kier molecular flexibility index (Phi) is 3.05. The van der Waals surface area contributed by atoms with E-state index in [2.05, 4.69) is 15.2 Å². The zero-order chi connectivity index (χ0) is 15.9. The molecule has 0 spiro atoms. The first-order valence-electron chi connectivity index (χ1n) is 6.02. The van der Waals surface area contributed by atoms with Crippen LogP contribution in [0.3, 0.4) is 0 Å². The summed E-state index contributed by atoms with van der Waals surface area (Å²) in [5.74, 6) is 0. The Hall–Kier alpha value is -2.97. The van der Waals surface area contributed by atoms with Crippen LogP contribution in [0.2, 0.25) is 0 Å². The van der Waals surface area contributed by atoms with Crippen molar-refractivity contribution in [1.29, 1.82) is 0 Å². The van der Waals surface area contributed by atoms with E-state index >= 15 is 0 Å². The van der Waals surface area contributed by atoms with Gasteiger partial charge in [0.15, 0.2) is 0 Å². The van der Waals surface area contributed by atoms with Crippen LogP contribution in [-0.4, -0.2) is 20.1 Å². The third kappa shape index (κ3) is 2.36. The Labute approximate surface area is 120 Å². The normalized spacial score (nSPS) is 11.8. The van der Waals surface area contributed by atoms with Crippen molar-refractivity contribution in [2.45, 2.75) is 6.18 Å². The number of halogens is 3. The monoisotopic (exact) mass is 308 g/mol. The molecule has 0 saturated heterocycles. The maximum Gasteiger partial charge on any atom is 0.416 e. The van der Waals surface area contributed by atoms with Crippen molar-refractivity contribution < 1.29 is 18.1 Å². The van der Waals surface area contributed by atoms with Crippen molar-refractivity contribution in [1.82, 2.24) is 15.2 Å². The van der Waals surface area contributed by atoms with Gasteiger partial charge in [-0.05, 0) is 18.2 Å². The van der Waals surface area contributed by atoms with E-state index in [0.29, 0.717) is 10.9 Å². The highest BCUT2D eigenvalue weighted by Gasteiger charge is 2.31. The van der Waals surface area contributed by atoms with Gasteiger partial charge in [-0.1, -0.05) is 0 Å². The van der Waals surface area contributed by atoms with Gasteiger partial charge in [-0.15, -0.1) is 0 Å². The van der Waals surface area contributed by atoms with Crippen LogP contribution in [0, 0.1) is 10.1 Å². The quantitative estimate of drug-likeness (QED) is 0.579. The van der Waals surface area contributed by atoms with Crippen LogP contribution in [0.1, 0.15) is 5.56 Å². The molecule has 0 bridgehead atoms. The number of nitro groups is 1. The first-order chi connectivity index (χ1) is 10.4. The molecule has 3 aromatic rings. The number of hydrogen-bond acceptors (Lipinski definition) is 4. The molecule has 1 N–H and O–H groups in total. The third-order valence-electron chi connectivity index (χ3n) is 3.09. The fraction of sp³-hybridized carbons (Fsp3) is 0.0769. The second kappa shape index (κ2) is 4.79. The molecule has 0 aliphatic heterocycles. The SMILES string of the molecule is O=[N+]([O-])c1ccc2[nH]nc(-c3cc(C(F)(F)F)ccn3)c2c1. The number of nitrogens with zero attached hydrogens (tertiary/aromatic N) is 3. The highest BCUT2D eigenvalue weighted by Crippen LogP contribution is 2.33. The Bertz CT molecular complexity index is 873. The number of H-pyrrole nitrogens is 1. The van der Waals surface area contributed by atoms with E-state index in [1.54, 1.807) is 0 Å². The molecule has 6 nitrogen and oxygen atoms in total. The summed E-state index contributed by atoms with van der Waals surface area (Å²) < 4.78 is 38.2. The number of nitrogens with one attached hydrogen (secondary N) is 1. The number of non-ortho nitro benzene ring substituents is 1. The van der Waals surface area contributed by atoms with Gasteiger partial charge in [-0.3, -0.25) is 20.2 Å². The molecule has 1 aromatic carbocycles. The molecule has 2 heterocycles. The van der Waals surface area contributed by atoms with Gasteiger partial charge in [-0.25, -0.2) is 0 Å². The number of rotatable bonds is 2. The number of pyridine rings is 1. The molecule has 3 rings (SSSR count). The van der Waals surface area contributed by atoms with Gasteiger partial charge in [0.25, 0.3) is 5.69 Å². The highest BCUT2D eigenvalue weighted by molar-refractivity contribution is 5.93. The van der Waals surface area contributed by atoms with E-state index in [9.17, 15) is 23.3 Å². The molecule has 112 valence electrons. The van der Waals surface area contributed by atoms with Crippen LogP contribution in [0.4, 0.5) is 18.9 Å². The number of benzene rings is 1. The second-order valence-corrected chi connectivity index (χ2v) is 4.49. The summed E-state index contributed by atoms with van der Waals surface area (Å²) in [4.78, 5) is 14.1. The van der Waals surface area contributed by atoms with Gasteiger partial charge in [0.05, 0.1) is 21.7 Å². The van der Waals surface area contributed by atoms with Crippen molar-refractivity contribution >= 4 is 16.6 Å². The Morgan fingerprint density at radius 3 is 2.64 bits per heavy atom. The van der Waals surface area contributed by atoms with Crippen molar-refractivity contribution in [3.05, 3.63) is 52.2 Å². The van der Waals surface area contributed by atoms with Crippen LogP contribution in [0.5, 0.6) is 0 Å². The van der Waals surface area contributed by atoms with E-state index in [4.69, 9.17) is 0 Å². The zero-order valence-corrected chi connectivity index (χ0v) is 10.8. The van der Waals surface area contributed by atoms with Gasteiger partial charge in [-0.2, -0.15) is 18.3 Å². The average Bonchev–Trinajstić information content (AvgIpc) is 2.89. The standard InChI is InChI=1S/C13H7F3N4O2/c14-13(15,16)7-3-4-17-11(5-7)12-9-6-8(20(21)22)1-2-10(9)18-19-12/h1-6H,(H,18,19). The van der Waals surface area contributed by atoms with E-state index in [1.165, 1.54) is 18.2 Å². The lowest BCUT2D eigenvalue weighted by molar-refractivity contribution is -0.384. The molecule has 0 saturated carbocycles. The van der Waals surface area contributed by atoms with Gasteiger partial charge in [0.1, 0.15) is 5.69 Å². The molecule has 0 aliphatic carbocycles. The topological polar surface area (TPSA) is 84.7 Å². The summed E-state index contributed by atoms with van der Waals surface area (Å²) in [7, 11) is 0. The van der Waals surface area contributed by atoms with Crippen LogP contribution < -0.4 is 0 Å². The summed E-state index contributed by atoms with van der Waals surface area (Å²) in [6.07, 6.45) is -3.48.